The third kappa shape index (κ3) is 4.29. The number of carbonyl (C=O) groups excluding carboxylic acids is 2. The monoisotopic (exact) mass is 419 g/mol. The van der Waals surface area contributed by atoms with E-state index >= 15 is 0 Å². The van der Waals surface area contributed by atoms with E-state index in [0.717, 1.165) is 12.8 Å². The van der Waals surface area contributed by atoms with Crippen molar-refractivity contribution < 1.29 is 22.7 Å². The summed E-state index contributed by atoms with van der Waals surface area (Å²) in [6.45, 7) is 2.61. The third-order valence-corrected chi connectivity index (χ3v) is 7.06. The molecule has 0 bridgehead atoms. The minimum atomic E-state index is -3.70. The number of rotatable bonds is 5. The molecule has 2 atom stereocenters. The second kappa shape index (κ2) is 7.78. The SMILES string of the molecule is C[C@H](NC(=O)COC(=O)[C@H]1CCCN(C2=NS(=O)(=O)c3ccccc32)C1)C1CC1. The van der Waals surface area contributed by atoms with Crippen LogP contribution in [0.1, 0.15) is 38.2 Å². The molecular formula is C20H25N3O5S. The Bertz CT molecular complexity index is 955. The van der Waals surface area contributed by atoms with E-state index in [0.29, 0.717) is 43.2 Å². The number of sulfonamides is 1. The molecule has 9 heteroatoms. The van der Waals surface area contributed by atoms with Gasteiger partial charge in [-0.2, -0.15) is 8.42 Å². The summed E-state index contributed by atoms with van der Waals surface area (Å²) in [4.78, 5) is 26.5. The molecule has 1 aromatic rings. The van der Waals surface area contributed by atoms with Gasteiger partial charge in [-0.3, -0.25) is 9.59 Å². The Morgan fingerprint density at radius 1 is 1.28 bits per heavy atom. The molecule has 2 aliphatic heterocycles. The van der Waals surface area contributed by atoms with Crippen molar-refractivity contribution in [3.8, 4) is 0 Å². The molecule has 0 aromatic heterocycles. The van der Waals surface area contributed by atoms with Gasteiger partial charge in [0, 0.05) is 24.7 Å². The van der Waals surface area contributed by atoms with Gasteiger partial charge in [-0.1, -0.05) is 12.1 Å². The van der Waals surface area contributed by atoms with E-state index in [1.807, 2.05) is 11.8 Å². The molecule has 29 heavy (non-hydrogen) atoms. The van der Waals surface area contributed by atoms with Crippen LogP contribution in [-0.4, -0.2) is 56.8 Å². The van der Waals surface area contributed by atoms with Crippen LogP contribution in [0.5, 0.6) is 0 Å². The predicted octanol–water partition coefficient (Wildman–Crippen LogP) is 1.31. The number of benzene rings is 1. The average molecular weight is 420 g/mol. The first-order chi connectivity index (χ1) is 13.8. The topological polar surface area (TPSA) is 105 Å². The Hall–Kier alpha value is -2.42. The van der Waals surface area contributed by atoms with Gasteiger partial charge >= 0.3 is 5.97 Å². The number of hydrogen-bond donors (Lipinski definition) is 1. The summed E-state index contributed by atoms with van der Waals surface area (Å²) in [5.41, 5.74) is 0.565. The fraction of sp³-hybridized carbons (Fsp3) is 0.550. The summed E-state index contributed by atoms with van der Waals surface area (Å²) in [6.07, 6.45) is 3.60. The number of fused-ring (bicyclic) bond motifs is 1. The maximum absolute atomic E-state index is 12.5. The number of likely N-dealkylation sites (tertiary alicyclic amines) is 1. The lowest BCUT2D eigenvalue weighted by molar-refractivity contribution is -0.154. The molecule has 8 nitrogen and oxygen atoms in total. The second-order valence-corrected chi connectivity index (χ2v) is 9.55. The predicted molar refractivity (Wildman–Crippen MR) is 106 cm³/mol. The second-order valence-electron chi connectivity index (χ2n) is 7.97. The zero-order chi connectivity index (χ0) is 20.6. The van der Waals surface area contributed by atoms with Crippen molar-refractivity contribution in [2.45, 2.75) is 43.5 Å². The standard InChI is InChI=1S/C20H25N3O5S/c1-13(14-8-9-14)21-18(24)12-28-20(25)15-5-4-10-23(11-15)19-16-6-2-3-7-17(16)29(26,27)22-19/h2-3,6-7,13-15H,4-5,8-12H2,1H3,(H,21,24)/t13-,15-/m0/s1. The van der Waals surface area contributed by atoms with E-state index in [-0.39, 0.29) is 23.5 Å². The van der Waals surface area contributed by atoms with E-state index in [2.05, 4.69) is 9.71 Å². The minimum Gasteiger partial charge on any atom is -0.455 e. The Balaban J connectivity index is 1.36. The van der Waals surface area contributed by atoms with E-state index in [9.17, 15) is 18.0 Å². The number of nitrogens with one attached hydrogen (secondary N) is 1. The number of ether oxygens (including phenoxy) is 1. The van der Waals surface area contributed by atoms with E-state index in [1.54, 1.807) is 18.2 Å². The van der Waals surface area contributed by atoms with Gasteiger partial charge in [-0.15, -0.1) is 4.40 Å². The van der Waals surface area contributed by atoms with Gasteiger partial charge < -0.3 is 15.0 Å². The van der Waals surface area contributed by atoms with Crippen molar-refractivity contribution >= 4 is 27.7 Å². The van der Waals surface area contributed by atoms with E-state index in [1.165, 1.54) is 6.07 Å². The fourth-order valence-corrected chi connectivity index (χ4v) is 5.17. The molecule has 1 aliphatic carbocycles. The highest BCUT2D eigenvalue weighted by Gasteiger charge is 2.36. The highest BCUT2D eigenvalue weighted by atomic mass is 32.2. The first kappa shape index (κ1) is 19.9. The molecule has 156 valence electrons. The number of amidine groups is 1. The Morgan fingerprint density at radius 2 is 2.03 bits per heavy atom. The normalized spacial score (nSPS) is 23.7. The number of esters is 1. The van der Waals surface area contributed by atoms with Crippen LogP contribution in [0.2, 0.25) is 0 Å². The molecule has 3 aliphatic rings. The van der Waals surface area contributed by atoms with Crippen LogP contribution in [0.4, 0.5) is 0 Å². The van der Waals surface area contributed by atoms with Crippen LogP contribution in [0, 0.1) is 11.8 Å². The Kier molecular flexibility index (Phi) is 5.33. The molecule has 0 spiro atoms. The van der Waals surface area contributed by atoms with Crippen LogP contribution >= 0.6 is 0 Å². The zero-order valence-electron chi connectivity index (χ0n) is 16.3. The first-order valence-electron chi connectivity index (χ1n) is 10.0. The molecular weight excluding hydrogens is 394 g/mol. The molecule has 2 fully saturated rings. The summed E-state index contributed by atoms with van der Waals surface area (Å²) < 4.78 is 33.7. The average Bonchev–Trinajstić information content (AvgIpc) is 3.52. The third-order valence-electron chi connectivity index (χ3n) is 5.73. The van der Waals surface area contributed by atoms with E-state index < -0.39 is 21.9 Å². The number of amides is 1. The molecule has 4 rings (SSSR count). The van der Waals surface area contributed by atoms with Gasteiger partial charge in [0.25, 0.3) is 15.9 Å². The molecule has 1 amide bonds. The lowest BCUT2D eigenvalue weighted by Gasteiger charge is -2.32. The molecule has 0 radical (unpaired) electrons. The summed E-state index contributed by atoms with van der Waals surface area (Å²) >= 11 is 0. The van der Waals surface area contributed by atoms with Crippen molar-refractivity contribution in [3.05, 3.63) is 29.8 Å². The van der Waals surface area contributed by atoms with Gasteiger partial charge in [0.2, 0.25) is 0 Å². The summed E-state index contributed by atoms with van der Waals surface area (Å²) in [7, 11) is -3.70. The lowest BCUT2D eigenvalue weighted by Crippen LogP contribution is -2.43. The van der Waals surface area contributed by atoms with Crippen molar-refractivity contribution in [1.29, 1.82) is 0 Å². The Labute approximate surface area is 170 Å². The maximum atomic E-state index is 12.5. The number of hydrogen-bond acceptors (Lipinski definition) is 6. The van der Waals surface area contributed by atoms with Gasteiger partial charge in [0.05, 0.1) is 5.92 Å². The van der Waals surface area contributed by atoms with Crippen LogP contribution in [0.15, 0.2) is 33.6 Å². The van der Waals surface area contributed by atoms with Crippen molar-refractivity contribution in [3.63, 3.8) is 0 Å². The van der Waals surface area contributed by atoms with Crippen LogP contribution in [0.3, 0.4) is 0 Å². The van der Waals surface area contributed by atoms with Crippen LogP contribution in [-0.2, 0) is 24.3 Å². The molecule has 1 N–H and O–H groups in total. The fourth-order valence-electron chi connectivity index (χ4n) is 3.94. The summed E-state index contributed by atoms with van der Waals surface area (Å²) in [6, 6.07) is 6.81. The van der Waals surface area contributed by atoms with Crippen molar-refractivity contribution in [2.75, 3.05) is 19.7 Å². The lowest BCUT2D eigenvalue weighted by atomic mass is 9.97. The highest BCUT2D eigenvalue weighted by molar-refractivity contribution is 7.90. The molecule has 1 aromatic carbocycles. The number of piperidine rings is 1. The highest BCUT2D eigenvalue weighted by Crippen LogP contribution is 2.32. The number of nitrogens with zero attached hydrogens (tertiary/aromatic N) is 2. The van der Waals surface area contributed by atoms with Crippen molar-refractivity contribution in [2.24, 2.45) is 16.2 Å². The first-order valence-corrected chi connectivity index (χ1v) is 11.4. The maximum Gasteiger partial charge on any atom is 0.311 e. The summed E-state index contributed by atoms with van der Waals surface area (Å²) in [5.74, 6) is -0.221. The van der Waals surface area contributed by atoms with Gasteiger partial charge in [-0.05, 0) is 50.7 Å². The molecule has 0 unspecified atom stereocenters. The molecule has 1 saturated carbocycles. The summed E-state index contributed by atoms with van der Waals surface area (Å²) in [5, 5.41) is 2.86. The van der Waals surface area contributed by atoms with Crippen LogP contribution < -0.4 is 5.32 Å². The molecule has 1 saturated heterocycles. The largest absolute Gasteiger partial charge is 0.455 e. The Morgan fingerprint density at radius 3 is 2.79 bits per heavy atom. The van der Waals surface area contributed by atoms with E-state index in [4.69, 9.17) is 4.74 Å². The molecule has 2 heterocycles. The zero-order valence-corrected chi connectivity index (χ0v) is 17.2. The van der Waals surface area contributed by atoms with Gasteiger partial charge in [0.15, 0.2) is 12.4 Å². The van der Waals surface area contributed by atoms with Gasteiger partial charge in [0.1, 0.15) is 4.90 Å². The van der Waals surface area contributed by atoms with Crippen molar-refractivity contribution in [1.82, 2.24) is 10.2 Å². The minimum absolute atomic E-state index is 0.105. The van der Waals surface area contributed by atoms with Crippen LogP contribution in [0.25, 0.3) is 0 Å². The quantitative estimate of drug-likeness (QED) is 0.722. The van der Waals surface area contributed by atoms with Gasteiger partial charge in [-0.25, -0.2) is 0 Å². The smallest absolute Gasteiger partial charge is 0.311 e. The number of carbonyl (C=O) groups is 2.